The lowest BCUT2D eigenvalue weighted by Gasteiger charge is -2.37. The van der Waals surface area contributed by atoms with Crippen LogP contribution in [0, 0.1) is 5.92 Å². The molecule has 0 spiro atoms. The number of aliphatic imine (C=N–C) groups is 1. The summed E-state index contributed by atoms with van der Waals surface area (Å²) in [5, 5.41) is 0. The smallest absolute Gasteiger partial charge is 0.282 e. The molecule has 12 heteroatoms. The second-order valence-corrected chi connectivity index (χ2v) is 12.2. The van der Waals surface area contributed by atoms with Crippen molar-refractivity contribution >= 4 is 32.0 Å². The lowest BCUT2D eigenvalue weighted by atomic mass is 10.0. The Morgan fingerprint density at radius 3 is 2.22 bits per heavy atom. The second kappa shape index (κ2) is 8.73. The monoisotopic (exact) mass is 483 g/mol. The maximum Gasteiger partial charge on any atom is 0.282 e. The zero-order chi connectivity index (χ0) is 23.1. The summed E-state index contributed by atoms with van der Waals surface area (Å²) < 4.78 is 55.7. The first-order chi connectivity index (χ1) is 15.1. The van der Waals surface area contributed by atoms with Gasteiger partial charge in [-0.3, -0.25) is 14.5 Å². The van der Waals surface area contributed by atoms with Crippen LogP contribution in [-0.2, 0) is 25.0 Å². The molecule has 1 aromatic rings. The minimum Gasteiger partial charge on any atom is -0.338 e. The van der Waals surface area contributed by atoms with Gasteiger partial charge in [-0.2, -0.15) is 17.0 Å². The summed E-state index contributed by atoms with van der Waals surface area (Å²) in [6.07, 6.45) is 1.75. The molecule has 1 aromatic carbocycles. The average Bonchev–Trinajstić information content (AvgIpc) is 3.39. The molecule has 1 N–H and O–H groups in total. The number of amides is 1. The molecule has 2 saturated heterocycles. The fourth-order valence-corrected chi connectivity index (χ4v) is 7.18. The van der Waals surface area contributed by atoms with E-state index in [1.165, 1.54) is 14.7 Å². The molecular weight excluding hydrogens is 454 g/mol. The van der Waals surface area contributed by atoms with Crippen LogP contribution in [0.4, 0.5) is 0 Å². The van der Waals surface area contributed by atoms with Gasteiger partial charge in [-0.1, -0.05) is 26.0 Å². The van der Waals surface area contributed by atoms with E-state index in [0.717, 1.165) is 12.8 Å². The molecule has 0 aliphatic carbocycles. The molecule has 0 saturated carbocycles. The van der Waals surface area contributed by atoms with Crippen LogP contribution in [0.2, 0.25) is 0 Å². The number of fused-ring (bicyclic) bond motifs is 1. The summed E-state index contributed by atoms with van der Waals surface area (Å²) in [4.78, 5) is 19.6. The van der Waals surface area contributed by atoms with E-state index < -0.39 is 26.3 Å². The van der Waals surface area contributed by atoms with E-state index in [4.69, 9.17) is 0 Å². The Labute approximate surface area is 189 Å². The Hall–Kier alpha value is -2.02. The maximum absolute atomic E-state index is 13.3. The predicted molar refractivity (Wildman–Crippen MR) is 120 cm³/mol. The Balaban J connectivity index is 1.49. The van der Waals surface area contributed by atoms with Crippen molar-refractivity contribution in [3.05, 3.63) is 29.8 Å². The molecule has 0 bridgehead atoms. The quantitative estimate of drug-likeness (QED) is 0.643. The van der Waals surface area contributed by atoms with Gasteiger partial charge in [0, 0.05) is 44.8 Å². The highest BCUT2D eigenvalue weighted by Crippen LogP contribution is 2.24. The highest BCUT2D eigenvalue weighted by molar-refractivity contribution is 7.90. The molecule has 176 valence electrons. The Kier molecular flexibility index (Phi) is 6.31. The Morgan fingerprint density at radius 2 is 1.59 bits per heavy atom. The van der Waals surface area contributed by atoms with Crippen LogP contribution in [0.15, 0.2) is 34.2 Å². The number of hydrogen-bond acceptors (Lipinski definition) is 6. The topological polar surface area (TPSA) is 119 Å². The number of carbonyl (C=O) groups excluding carboxylic acids is 1. The first kappa shape index (κ1) is 23.1. The van der Waals surface area contributed by atoms with Crippen LogP contribution in [0.3, 0.4) is 0 Å². The van der Waals surface area contributed by atoms with Crippen molar-refractivity contribution < 1.29 is 21.6 Å². The van der Waals surface area contributed by atoms with E-state index in [0.29, 0.717) is 18.7 Å². The molecule has 3 aliphatic heterocycles. The van der Waals surface area contributed by atoms with Crippen molar-refractivity contribution in [2.24, 2.45) is 10.9 Å². The molecule has 3 heterocycles. The molecular formula is C20H29N5O5S2. The lowest BCUT2D eigenvalue weighted by Crippen LogP contribution is -2.55. The zero-order valence-corrected chi connectivity index (χ0v) is 19.9. The van der Waals surface area contributed by atoms with Gasteiger partial charge in [0.05, 0.1) is 4.90 Å². The van der Waals surface area contributed by atoms with E-state index in [-0.39, 0.29) is 48.7 Å². The largest absolute Gasteiger partial charge is 0.338 e. The SMILES string of the molecule is CC(C)[C@H](N=C1NS(=O)(=O)c2ccccc21)C(=O)N1CCN(S(=O)(=O)N2CCCC2)CC1. The number of sulfonamides is 1. The molecule has 0 radical (unpaired) electrons. The summed E-state index contributed by atoms with van der Waals surface area (Å²) in [6, 6.07) is 5.76. The third-order valence-electron chi connectivity index (χ3n) is 6.08. The van der Waals surface area contributed by atoms with Gasteiger partial charge in [0.1, 0.15) is 11.9 Å². The van der Waals surface area contributed by atoms with Crippen LogP contribution in [0.5, 0.6) is 0 Å². The number of hydrogen-bond donors (Lipinski definition) is 1. The van der Waals surface area contributed by atoms with Gasteiger partial charge in [0.15, 0.2) is 0 Å². The summed E-state index contributed by atoms with van der Waals surface area (Å²) in [7, 11) is -7.18. The second-order valence-electron chi connectivity index (χ2n) is 8.61. The minimum absolute atomic E-state index is 0.148. The summed E-state index contributed by atoms with van der Waals surface area (Å²) in [5.41, 5.74) is 0.451. The Morgan fingerprint density at radius 1 is 1.00 bits per heavy atom. The maximum atomic E-state index is 13.3. The van der Waals surface area contributed by atoms with Crippen LogP contribution >= 0.6 is 0 Å². The van der Waals surface area contributed by atoms with Crippen molar-refractivity contribution in [1.82, 2.24) is 18.2 Å². The highest BCUT2D eigenvalue weighted by Gasteiger charge is 2.37. The molecule has 1 atom stereocenters. The predicted octanol–water partition coefficient (Wildman–Crippen LogP) is 0.235. The standard InChI is InChI=1S/C20H29N5O5S2/c1-15(2)18(21-19-16-7-3-4-8-17(16)31(27,28)22-19)20(26)23-11-13-25(14-12-23)32(29,30)24-9-5-6-10-24/h3-4,7-8,15,18H,5-6,9-14H2,1-2H3,(H,21,22)/t18-/m0/s1. The first-order valence-corrected chi connectivity index (χ1v) is 13.7. The van der Waals surface area contributed by atoms with Gasteiger partial charge in [0.2, 0.25) is 5.91 Å². The molecule has 32 heavy (non-hydrogen) atoms. The van der Waals surface area contributed by atoms with Gasteiger partial charge in [-0.05, 0) is 30.9 Å². The fourth-order valence-electron chi connectivity index (χ4n) is 4.27. The van der Waals surface area contributed by atoms with Crippen molar-refractivity contribution in [1.29, 1.82) is 0 Å². The Bertz CT molecular complexity index is 1120. The van der Waals surface area contributed by atoms with Crippen LogP contribution in [0.25, 0.3) is 0 Å². The number of amidine groups is 1. The third kappa shape index (κ3) is 4.28. The lowest BCUT2D eigenvalue weighted by molar-refractivity contribution is -0.134. The van der Waals surface area contributed by atoms with Gasteiger partial charge in [-0.15, -0.1) is 0 Å². The van der Waals surface area contributed by atoms with Crippen molar-refractivity contribution in [2.75, 3.05) is 39.3 Å². The van der Waals surface area contributed by atoms with Gasteiger partial charge >= 0.3 is 0 Å². The first-order valence-electron chi connectivity index (χ1n) is 10.9. The minimum atomic E-state index is -3.69. The van der Waals surface area contributed by atoms with Crippen LogP contribution < -0.4 is 4.72 Å². The van der Waals surface area contributed by atoms with Crippen LogP contribution in [-0.4, -0.2) is 87.4 Å². The molecule has 0 aromatic heterocycles. The highest BCUT2D eigenvalue weighted by atomic mass is 32.2. The van der Waals surface area contributed by atoms with E-state index in [9.17, 15) is 21.6 Å². The number of carbonyl (C=O) groups is 1. The van der Waals surface area contributed by atoms with E-state index in [1.807, 2.05) is 13.8 Å². The van der Waals surface area contributed by atoms with E-state index in [2.05, 4.69) is 9.71 Å². The van der Waals surface area contributed by atoms with Gasteiger partial charge < -0.3 is 4.90 Å². The van der Waals surface area contributed by atoms with Crippen LogP contribution in [0.1, 0.15) is 32.3 Å². The van der Waals surface area contributed by atoms with Crippen molar-refractivity contribution in [3.63, 3.8) is 0 Å². The number of rotatable bonds is 5. The summed E-state index contributed by atoms with van der Waals surface area (Å²) >= 11 is 0. The number of nitrogens with one attached hydrogen (secondary N) is 1. The molecule has 3 aliphatic rings. The van der Waals surface area contributed by atoms with E-state index >= 15 is 0 Å². The molecule has 2 fully saturated rings. The molecule has 0 unspecified atom stereocenters. The fraction of sp³-hybridized carbons (Fsp3) is 0.600. The number of benzene rings is 1. The molecule has 1 amide bonds. The van der Waals surface area contributed by atoms with Crippen molar-refractivity contribution in [2.45, 2.75) is 37.6 Å². The van der Waals surface area contributed by atoms with E-state index in [1.54, 1.807) is 23.1 Å². The van der Waals surface area contributed by atoms with Crippen molar-refractivity contribution in [3.8, 4) is 0 Å². The zero-order valence-electron chi connectivity index (χ0n) is 18.3. The van der Waals surface area contributed by atoms with Gasteiger partial charge in [-0.25, -0.2) is 8.42 Å². The molecule has 10 nitrogen and oxygen atoms in total. The van der Waals surface area contributed by atoms with Gasteiger partial charge in [0.25, 0.3) is 20.2 Å². The number of nitrogens with zero attached hydrogens (tertiary/aromatic N) is 4. The number of piperazine rings is 1. The normalized spacial score (nSPS) is 24.0. The third-order valence-corrected chi connectivity index (χ3v) is 9.52. The summed E-state index contributed by atoms with van der Waals surface area (Å²) in [5.74, 6) is -0.226. The molecule has 4 rings (SSSR count). The average molecular weight is 484 g/mol. The summed E-state index contributed by atoms with van der Waals surface area (Å²) in [6.45, 7) is 5.84.